The molecule has 4 rings (SSSR count). The topological polar surface area (TPSA) is 114 Å². The molecular weight excluding hydrogens is 562 g/mol. The lowest BCUT2D eigenvalue weighted by Gasteiger charge is -2.20. The number of piperidine rings is 1. The molecule has 0 unspecified atom stereocenters. The first-order valence-corrected chi connectivity index (χ1v) is 15.9. The summed E-state index contributed by atoms with van der Waals surface area (Å²) in [6.45, 7) is 8.64. The van der Waals surface area contributed by atoms with Crippen LogP contribution in [0.2, 0.25) is 0 Å². The highest BCUT2D eigenvalue weighted by molar-refractivity contribution is 7.17. The summed E-state index contributed by atoms with van der Waals surface area (Å²) in [5.41, 5.74) is 6.12. The van der Waals surface area contributed by atoms with Crippen LogP contribution in [0.4, 0.5) is 15.6 Å². The Balaban J connectivity index is 1.39. The van der Waals surface area contributed by atoms with Crippen molar-refractivity contribution in [2.24, 2.45) is 0 Å². The van der Waals surface area contributed by atoms with Crippen molar-refractivity contribution in [2.75, 3.05) is 30.8 Å². The second kappa shape index (κ2) is 16.2. The molecule has 2 heterocycles. The fraction of sp³-hybridized carbons (Fsp3) is 0.424. The average molecular weight is 606 g/mol. The van der Waals surface area contributed by atoms with Gasteiger partial charge in [-0.25, -0.2) is 9.78 Å². The van der Waals surface area contributed by atoms with Crippen LogP contribution in [0.1, 0.15) is 80.8 Å². The van der Waals surface area contributed by atoms with Gasteiger partial charge in [0.25, 0.3) is 5.91 Å². The van der Waals surface area contributed by atoms with Crippen LogP contribution >= 0.6 is 11.3 Å². The van der Waals surface area contributed by atoms with Crippen molar-refractivity contribution in [2.45, 2.75) is 71.9 Å². The molecule has 0 atom stereocenters. The average Bonchev–Trinajstić information content (AvgIpc) is 3.47. The van der Waals surface area contributed by atoms with Crippen LogP contribution in [0, 0.1) is 0 Å². The lowest BCUT2D eigenvalue weighted by molar-refractivity contribution is 0.102. The van der Waals surface area contributed by atoms with Gasteiger partial charge in [-0.2, -0.15) is 0 Å². The minimum atomic E-state index is -0.247. The zero-order valence-electron chi connectivity index (χ0n) is 25.5. The Morgan fingerprint density at radius 1 is 1.00 bits per heavy atom. The van der Waals surface area contributed by atoms with Crippen molar-refractivity contribution in [3.8, 4) is 10.8 Å². The standard InChI is InChI=1S/C33H43N5O4S/c1-5-8-28(23-15-17-34-18-16-23)22-9-11-24(12-10-22)31(39)38-33-35-20-30(43-33)42-29-14-13-27(19-25(29)21-41-4)37-32(40)36-26(6-2)7-3/h9-14,19-20,26,34H,5-8,15-18,21H2,1-4H3,(H,35,38,39)(H2,36,37,40). The molecule has 4 N–H and O–H groups in total. The van der Waals surface area contributed by atoms with Crippen LogP contribution in [-0.4, -0.2) is 43.2 Å². The molecule has 1 fully saturated rings. The van der Waals surface area contributed by atoms with E-state index in [1.54, 1.807) is 25.4 Å². The number of carbonyl (C=O) groups is 2. The second-order valence-electron chi connectivity index (χ2n) is 10.6. The van der Waals surface area contributed by atoms with Crippen LogP contribution < -0.4 is 26.0 Å². The smallest absolute Gasteiger partial charge is 0.319 e. The minimum Gasteiger partial charge on any atom is -0.445 e. The van der Waals surface area contributed by atoms with Gasteiger partial charge in [-0.3, -0.25) is 10.1 Å². The molecule has 0 aliphatic carbocycles. The van der Waals surface area contributed by atoms with E-state index in [4.69, 9.17) is 9.47 Å². The number of aromatic nitrogens is 1. The van der Waals surface area contributed by atoms with Crippen molar-refractivity contribution in [1.82, 2.24) is 15.6 Å². The fourth-order valence-corrected chi connectivity index (χ4v) is 5.82. The number of thiazole rings is 1. The number of nitrogens with zero attached hydrogens (tertiary/aromatic N) is 1. The minimum absolute atomic E-state index is 0.127. The summed E-state index contributed by atoms with van der Waals surface area (Å²) in [5, 5.41) is 13.1. The van der Waals surface area contributed by atoms with Crippen molar-refractivity contribution in [3.63, 3.8) is 0 Å². The number of hydrogen-bond donors (Lipinski definition) is 4. The van der Waals surface area contributed by atoms with Gasteiger partial charge >= 0.3 is 6.03 Å². The van der Waals surface area contributed by atoms with E-state index >= 15 is 0 Å². The summed E-state index contributed by atoms with van der Waals surface area (Å²) in [6.07, 6.45) is 7.61. The fourth-order valence-electron chi connectivity index (χ4n) is 5.14. The Labute approximate surface area is 258 Å². The zero-order chi connectivity index (χ0) is 30.6. The van der Waals surface area contributed by atoms with E-state index in [1.165, 1.54) is 28.0 Å². The quantitative estimate of drug-likeness (QED) is 0.160. The van der Waals surface area contributed by atoms with Crippen molar-refractivity contribution < 1.29 is 19.1 Å². The summed E-state index contributed by atoms with van der Waals surface area (Å²) in [7, 11) is 1.60. The highest BCUT2D eigenvalue weighted by Gasteiger charge is 2.16. The molecule has 1 aliphatic heterocycles. The molecule has 10 heteroatoms. The molecule has 0 spiro atoms. The molecule has 43 heavy (non-hydrogen) atoms. The summed E-state index contributed by atoms with van der Waals surface area (Å²) >= 11 is 1.24. The summed E-state index contributed by atoms with van der Waals surface area (Å²) < 4.78 is 11.5. The van der Waals surface area contributed by atoms with Gasteiger partial charge in [0.05, 0.1) is 12.8 Å². The van der Waals surface area contributed by atoms with Gasteiger partial charge in [0.15, 0.2) is 5.13 Å². The number of rotatable bonds is 13. The summed E-state index contributed by atoms with van der Waals surface area (Å²) in [4.78, 5) is 29.7. The molecule has 1 saturated heterocycles. The molecule has 1 aliphatic rings. The molecule has 3 amide bonds. The number of ether oxygens (including phenoxy) is 2. The number of allylic oxidation sites excluding steroid dienone is 1. The largest absolute Gasteiger partial charge is 0.445 e. The highest BCUT2D eigenvalue weighted by atomic mass is 32.1. The molecular formula is C33H43N5O4S. The molecule has 3 aromatic rings. The SMILES string of the molecule is CCCC(=C1CCNCC1)c1ccc(C(=O)Nc2ncc(Oc3ccc(NC(=O)NC(CC)CC)cc3COC)s2)cc1. The van der Waals surface area contributed by atoms with Crippen molar-refractivity contribution in [1.29, 1.82) is 0 Å². The molecule has 1 aromatic heterocycles. The highest BCUT2D eigenvalue weighted by Crippen LogP contribution is 2.34. The third-order valence-corrected chi connectivity index (χ3v) is 8.27. The first kappa shape index (κ1) is 32.2. The maximum Gasteiger partial charge on any atom is 0.319 e. The van der Waals surface area contributed by atoms with Gasteiger partial charge in [-0.15, -0.1) is 0 Å². The summed E-state index contributed by atoms with van der Waals surface area (Å²) in [5.74, 6) is 0.358. The maximum atomic E-state index is 13.0. The monoisotopic (exact) mass is 605 g/mol. The number of hydrogen-bond acceptors (Lipinski definition) is 7. The third kappa shape index (κ3) is 9.13. The Hall–Kier alpha value is -3.73. The molecule has 230 valence electrons. The Morgan fingerprint density at radius 2 is 1.72 bits per heavy atom. The number of carbonyl (C=O) groups excluding carboxylic acids is 2. The van der Waals surface area contributed by atoms with Gasteiger partial charge in [0.1, 0.15) is 5.75 Å². The van der Waals surface area contributed by atoms with Crippen LogP contribution in [0.5, 0.6) is 10.8 Å². The maximum absolute atomic E-state index is 13.0. The summed E-state index contributed by atoms with van der Waals surface area (Å²) in [6, 6.07) is 13.1. The molecule has 0 radical (unpaired) electrons. The number of anilines is 2. The van der Waals surface area contributed by atoms with Gasteiger partial charge < -0.3 is 25.4 Å². The van der Waals surface area contributed by atoms with E-state index in [0.29, 0.717) is 33.8 Å². The second-order valence-corrected chi connectivity index (χ2v) is 11.6. The zero-order valence-corrected chi connectivity index (χ0v) is 26.4. The molecule has 0 bridgehead atoms. The van der Waals surface area contributed by atoms with E-state index in [-0.39, 0.29) is 18.0 Å². The van der Waals surface area contributed by atoms with E-state index in [9.17, 15) is 9.59 Å². The number of benzene rings is 2. The number of urea groups is 1. The number of amides is 3. The third-order valence-electron chi connectivity index (χ3n) is 7.48. The van der Waals surface area contributed by atoms with E-state index in [0.717, 1.165) is 57.2 Å². The first-order chi connectivity index (χ1) is 20.9. The molecule has 2 aromatic carbocycles. The normalized spacial score (nSPS) is 13.1. The van der Waals surface area contributed by atoms with Crippen LogP contribution in [0.15, 0.2) is 54.2 Å². The van der Waals surface area contributed by atoms with Crippen molar-refractivity contribution in [3.05, 3.63) is 70.9 Å². The number of nitrogens with one attached hydrogen (secondary N) is 4. The lowest BCUT2D eigenvalue weighted by Crippen LogP contribution is -2.37. The van der Waals surface area contributed by atoms with Crippen LogP contribution in [0.3, 0.4) is 0 Å². The number of methoxy groups -OCH3 is 1. The van der Waals surface area contributed by atoms with Gasteiger partial charge in [0, 0.05) is 30.0 Å². The van der Waals surface area contributed by atoms with E-state index < -0.39 is 0 Å². The Kier molecular flexibility index (Phi) is 12.1. The lowest BCUT2D eigenvalue weighted by atomic mass is 9.90. The van der Waals surface area contributed by atoms with E-state index in [2.05, 4.69) is 45.3 Å². The van der Waals surface area contributed by atoms with Gasteiger partial charge in [-0.1, -0.05) is 56.2 Å². The predicted octanol–water partition coefficient (Wildman–Crippen LogP) is 7.58. The van der Waals surface area contributed by atoms with Gasteiger partial charge in [0.2, 0.25) is 5.06 Å². The predicted molar refractivity (Wildman–Crippen MR) is 174 cm³/mol. The van der Waals surface area contributed by atoms with Gasteiger partial charge in [-0.05, 0) is 86.7 Å². The van der Waals surface area contributed by atoms with Crippen molar-refractivity contribution >= 4 is 39.7 Å². The first-order valence-electron chi connectivity index (χ1n) is 15.1. The Bertz CT molecular complexity index is 1390. The molecule has 9 nitrogen and oxygen atoms in total. The van der Waals surface area contributed by atoms with Crippen LogP contribution in [0.25, 0.3) is 5.57 Å². The Morgan fingerprint density at radius 3 is 2.40 bits per heavy atom. The van der Waals surface area contributed by atoms with E-state index in [1.807, 2.05) is 32.0 Å². The van der Waals surface area contributed by atoms with Crippen LogP contribution in [-0.2, 0) is 11.3 Å². The molecule has 0 saturated carbocycles.